The Hall–Kier alpha value is -1.09. The Morgan fingerprint density at radius 1 is 1.59 bits per heavy atom. The average Bonchev–Trinajstić information content (AvgIpc) is 2.51. The van der Waals surface area contributed by atoms with Gasteiger partial charge in [-0.25, -0.2) is 18.2 Å². The third kappa shape index (κ3) is 2.44. The number of thiocarbonyl (C=S) groups is 1. The Morgan fingerprint density at radius 3 is 2.94 bits per heavy atom. The minimum absolute atomic E-state index is 0.0185. The zero-order chi connectivity index (χ0) is 12.6. The summed E-state index contributed by atoms with van der Waals surface area (Å²) in [7, 11) is -3.15. The predicted molar refractivity (Wildman–Crippen MR) is 64.0 cm³/mol. The lowest BCUT2D eigenvalue weighted by Crippen LogP contribution is -2.67. The van der Waals surface area contributed by atoms with Gasteiger partial charge in [-0.15, -0.1) is 0 Å². The number of hydrazine groups is 1. The lowest BCUT2D eigenvalue weighted by molar-refractivity contribution is 0.0708. The molecule has 2 aliphatic rings. The van der Waals surface area contributed by atoms with Crippen molar-refractivity contribution in [2.24, 2.45) is 0 Å². The third-order valence-corrected chi connectivity index (χ3v) is 4.58. The SMILES string of the molecule is CCOC(=O)N1NC(=S)N[C@H]2CS(=O)(=O)C[C@@H]21. The van der Waals surface area contributed by atoms with Crippen molar-refractivity contribution in [2.75, 3.05) is 18.1 Å². The highest BCUT2D eigenvalue weighted by Crippen LogP contribution is 2.20. The zero-order valence-corrected chi connectivity index (χ0v) is 10.8. The Balaban J connectivity index is 2.21. The van der Waals surface area contributed by atoms with Crippen molar-refractivity contribution >= 4 is 33.3 Å². The summed E-state index contributed by atoms with van der Waals surface area (Å²) >= 11 is 4.92. The number of ether oxygens (including phenoxy) is 1. The first-order chi connectivity index (χ1) is 7.93. The topological polar surface area (TPSA) is 87.7 Å². The number of carbonyl (C=O) groups excluding carboxylic acids is 1. The maximum absolute atomic E-state index is 11.7. The minimum Gasteiger partial charge on any atom is -0.448 e. The van der Waals surface area contributed by atoms with Crippen LogP contribution in [0.25, 0.3) is 0 Å². The van der Waals surface area contributed by atoms with Crippen molar-refractivity contribution in [3.05, 3.63) is 0 Å². The largest absolute Gasteiger partial charge is 0.448 e. The van der Waals surface area contributed by atoms with E-state index >= 15 is 0 Å². The molecule has 2 fully saturated rings. The molecule has 0 aromatic carbocycles. The Bertz CT molecular complexity index is 450. The first-order valence-corrected chi connectivity index (χ1v) is 7.39. The average molecular weight is 279 g/mol. The second-order valence-corrected chi connectivity index (χ2v) is 6.47. The van der Waals surface area contributed by atoms with Gasteiger partial charge in [-0.2, -0.15) is 0 Å². The Morgan fingerprint density at radius 2 is 2.29 bits per heavy atom. The van der Waals surface area contributed by atoms with Crippen molar-refractivity contribution in [2.45, 2.75) is 19.0 Å². The van der Waals surface area contributed by atoms with E-state index in [1.807, 2.05) is 0 Å². The van der Waals surface area contributed by atoms with Gasteiger partial charge >= 0.3 is 6.09 Å². The van der Waals surface area contributed by atoms with Crippen molar-refractivity contribution in [1.82, 2.24) is 15.8 Å². The van der Waals surface area contributed by atoms with Crippen LogP contribution in [0.5, 0.6) is 0 Å². The molecule has 0 aromatic rings. The van der Waals surface area contributed by atoms with E-state index in [1.165, 1.54) is 0 Å². The van der Waals surface area contributed by atoms with E-state index in [0.29, 0.717) is 0 Å². The summed E-state index contributed by atoms with van der Waals surface area (Å²) in [6.07, 6.45) is -0.608. The van der Waals surface area contributed by atoms with Crippen LogP contribution in [0.3, 0.4) is 0 Å². The van der Waals surface area contributed by atoms with Gasteiger partial charge in [-0.1, -0.05) is 0 Å². The first kappa shape index (κ1) is 12.4. The quantitative estimate of drug-likeness (QED) is 0.595. The van der Waals surface area contributed by atoms with Gasteiger partial charge in [0.15, 0.2) is 14.9 Å². The lowest BCUT2D eigenvalue weighted by atomic mass is 10.1. The minimum atomic E-state index is -3.15. The highest BCUT2D eigenvalue weighted by Gasteiger charge is 2.46. The molecule has 2 heterocycles. The van der Waals surface area contributed by atoms with Crippen LogP contribution in [0, 0.1) is 0 Å². The zero-order valence-electron chi connectivity index (χ0n) is 9.17. The summed E-state index contributed by atoms with van der Waals surface area (Å²) in [6, 6.07) is -0.844. The summed E-state index contributed by atoms with van der Waals surface area (Å²) < 4.78 is 27.9. The van der Waals surface area contributed by atoms with E-state index in [9.17, 15) is 13.2 Å². The van der Waals surface area contributed by atoms with Gasteiger partial charge in [0, 0.05) is 0 Å². The standard InChI is InChI=1S/C8H13N3O4S2/c1-2-15-8(12)11-6-4-17(13,14)3-5(6)9-7(16)10-11/h5-6H,2-4H2,1H3,(H2,9,10,16)/t5-,6-/m0/s1. The van der Waals surface area contributed by atoms with Crippen LogP contribution in [0.4, 0.5) is 4.79 Å². The Kier molecular flexibility index (Phi) is 3.13. The summed E-state index contributed by atoms with van der Waals surface area (Å²) in [4.78, 5) is 11.7. The fourth-order valence-corrected chi connectivity index (χ4v) is 4.13. The third-order valence-electron chi connectivity index (χ3n) is 2.66. The second-order valence-electron chi connectivity index (χ2n) is 3.90. The molecule has 1 amide bonds. The molecule has 9 heteroatoms. The van der Waals surface area contributed by atoms with Crippen LogP contribution in [-0.2, 0) is 14.6 Å². The molecule has 2 saturated heterocycles. The summed E-state index contributed by atoms with van der Waals surface area (Å²) in [5.74, 6) is -0.103. The van der Waals surface area contributed by atoms with Crippen molar-refractivity contribution < 1.29 is 17.9 Å². The molecule has 17 heavy (non-hydrogen) atoms. The summed E-state index contributed by atoms with van der Waals surface area (Å²) in [5, 5.41) is 4.25. The fraction of sp³-hybridized carbons (Fsp3) is 0.750. The molecular formula is C8H13N3O4S2. The van der Waals surface area contributed by atoms with Crippen molar-refractivity contribution in [1.29, 1.82) is 0 Å². The molecule has 2 rings (SSSR count). The lowest BCUT2D eigenvalue weighted by Gasteiger charge is -2.37. The van der Waals surface area contributed by atoms with Gasteiger partial charge in [0.2, 0.25) is 0 Å². The number of sulfone groups is 1. The molecule has 2 aliphatic heterocycles. The van der Waals surface area contributed by atoms with E-state index in [2.05, 4.69) is 10.7 Å². The van der Waals surface area contributed by atoms with Crippen LogP contribution in [0.1, 0.15) is 6.92 Å². The number of nitrogens with one attached hydrogen (secondary N) is 2. The fourth-order valence-electron chi connectivity index (χ4n) is 1.99. The highest BCUT2D eigenvalue weighted by molar-refractivity contribution is 7.91. The summed E-state index contributed by atoms with van der Waals surface area (Å²) in [6.45, 7) is 1.91. The molecule has 96 valence electrons. The normalized spacial score (nSPS) is 30.2. The van der Waals surface area contributed by atoms with E-state index < -0.39 is 22.0 Å². The number of nitrogens with zero attached hydrogens (tertiary/aromatic N) is 1. The second kappa shape index (κ2) is 4.30. The maximum atomic E-state index is 11.7. The molecular weight excluding hydrogens is 266 g/mol. The van der Waals surface area contributed by atoms with Gasteiger partial charge in [-0.3, -0.25) is 5.43 Å². The molecule has 0 radical (unpaired) electrons. The van der Waals surface area contributed by atoms with Gasteiger partial charge < -0.3 is 10.1 Å². The number of hydrogen-bond acceptors (Lipinski definition) is 5. The van der Waals surface area contributed by atoms with Crippen molar-refractivity contribution in [3.8, 4) is 0 Å². The number of hydrogen-bond donors (Lipinski definition) is 2. The van der Waals surface area contributed by atoms with Crippen LogP contribution < -0.4 is 10.7 Å². The van der Waals surface area contributed by atoms with E-state index in [1.54, 1.807) is 6.92 Å². The van der Waals surface area contributed by atoms with Gasteiger partial charge in [0.25, 0.3) is 0 Å². The molecule has 0 saturated carbocycles. The highest BCUT2D eigenvalue weighted by atomic mass is 32.2. The summed E-state index contributed by atoms with van der Waals surface area (Å²) in [5.41, 5.74) is 2.62. The monoisotopic (exact) mass is 279 g/mol. The first-order valence-electron chi connectivity index (χ1n) is 5.16. The maximum Gasteiger partial charge on any atom is 0.429 e. The molecule has 0 bridgehead atoms. The molecule has 2 N–H and O–H groups in total. The predicted octanol–water partition coefficient (Wildman–Crippen LogP) is -0.997. The molecule has 7 nitrogen and oxygen atoms in total. The van der Waals surface area contributed by atoms with Crippen LogP contribution in [0.15, 0.2) is 0 Å². The molecule has 2 atom stereocenters. The van der Waals surface area contributed by atoms with E-state index in [4.69, 9.17) is 17.0 Å². The van der Waals surface area contributed by atoms with Crippen LogP contribution in [-0.4, -0.2) is 54.8 Å². The number of amides is 1. The molecule has 0 aromatic heterocycles. The van der Waals surface area contributed by atoms with E-state index in [0.717, 1.165) is 5.01 Å². The number of rotatable bonds is 1. The smallest absolute Gasteiger partial charge is 0.429 e. The molecule has 0 spiro atoms. The van der Waals surface area contributed by atoms with Crippen LogP contribution in [0.2, 0.25) is 0 Å². The van der Waals surface area contributed by atoms with E-state index in [-0.39, 0.29) is 29.3 Å². The molecule has 0 aliphatic carbocycles. The van der Waals surface area contributed by atoms with Gasteiger partial charge in [0.05, 0.1) is 30.2 Å². The van der Waals surface area contributed by atoms with Crippen molar-refractivity contribution in [3.63, 3.8) is 0 Å². The Labute approximate surface area is 104 Å². The number of fused-ring (bicyclic) bond motifs is 1. The van der Waals surface area contributed by atoms with Gasteiger partial charge in [0.1, 0.15) is 0 Å². The number of carbonyl (C=O) groups is 1. The molecule has 0 unspecified atom stereocenters. The van der Waals surface area contributed by atoms with Gasteiger partial charge in [-0.05, 0) is 19.1 Å². The van der Waals surface area contributed by atoms with Crippen LogP contribution >= 0.6 is 12.2 Å².